The maximum Gasteiger partial charge on any atom is 0.169 e. The fourth-order valence-electron chi connectivity index (χ4n) is 3.00. The van der Waals surface area contributed by atoms with Crippen LogP contribution >= 0.6 is 0 Å². The molecule has 3 rings (SSSR count). The number of ether oxygens (including phenoxy) is 2. The standard InChI is InChI=1S/C20H24O2/c1-4-10-18(11-5-1)16-21-20(14-8-3-9-15-20)22-17-19-12-6-2-7-13-19/h1-2,4-7,10-13H,3,8-9,14-17H2. The summed E-state index contributed by atoms with van der Waals surface area (Å²) >= 11 is 0. The Bertz CT molecular complexity index is 499. The van der Waals surface area contributed by atoms with Crippen LogP contribution in [0.4, 0.5) is 0 Å². The summed E-state index contributed by atoms with van der Waals surface area (Å²) in [6.07, 6.45) is 5.64. The Hall–Kier alpha value is -1.64. The summed E-state index contributed by atoms with van der Waals surface area (Å²) in [5, 5.41) is 0. The van der Waals surface area contributed by atoms with E-state index in [1.165, 1.54) is 30.4 Å². The summed E-state index contributed by atoms with van der Waals surface area (Å²) in [5.74, 6) is -0.413. The van der Waals surface area contributed by atoms with Crippen molar-refractivity contribution >= 4 is 0 Å². The van der Waals surface area contributed by atoms with Crippen LogP contribution in [0.5, 0.6) is 0 Å². The lowest BCUT2D eigenvalue weighted by Crippen LogP contribution is -2.38. The molecule has 0 amide bonds. The second kappa shape index (κ2) is 7.57. The van der Waals surface area contributed by atoms with Crippen LogP contribution in [-0.4, -0.2) is 5.79 Å². The van der Waals surface area contributed by atoms with Gasteiger partial charge in [0.25, 0.3) is 0 Å². The summed E-state index contributed by atoms with van der Waals surface area (Å²) in [7, 11) is 0. The van der Waals surface area contributed by atoms with Crippen LogP contribution in [0.2, 0.25) is 0 Å². The van der Waals surface area contributed by atoms with Gasteiger partial charge in [-0.15, -0.1) is 0 Å². The van der Waals surface area contributed by atoms with Gasteiger partial charge in [0.15, 0.2) is 5.79 Å². The van der Waals surface area contributed by atoms with Crippen LogP contribution in [0.15, 0.2) is 60.7 Å². The van der Waals surface area contributed by atoms with Crippen LogP contribution < -0.4 is 0 Å². The molecular formula is C20H24O2. The summed E-state index contributed by atoms with van der Waals surface area (Å²) in [6, 6.07) is 20.7. The Morgan fingerprint density at radius 1 is 0.636 bits per heavy atom. The van der Waals surface area contributed by atoms with Crippen LogP contribution in [0.1, 0.15) is 43.2 Å². The van der Waals surface area contributed by atoms with E-state index in [1.54, 1.807) is 0 Å². The fraction of sp³-hybridized carbons (Fsp3) is 0.400. The molecule has 0 N–H and O–H groups in total. The molecule has 2 aromatic carbocycles. The van der Waals surface area contributed by atoms with Crippen molar-refractivity contribution in [1.29, 1.82) is 0 Å². The molecular weight excluding hydrogens is 272 g/mol. The van der Waals surface area contributed by atoms with E-state index in [4.69, 9.17) is 9.47 Å². The molecule has 0 heterocycles. The lowest BCUT2D eigenvalue weighted by Gasteiger charge is -2.37. The first-order valence-corrected chi connectivity index (χ1v) is 8.22. The van der Waals surface area contributed by atoms with Crippen molar-refractivity contribution in [2.24, 2.45) is 0 Å². The Morgan fingerprint density at radius 3 is 1.55 bits per heavy atom. The first-order chi connectivity index (χ1) is 10.9. The van der Waals surface area contributed by atoms with E-state index < -0.39 is 5.79 Å². The normalized spacial score (nSPS) is 17.3. The number of hydrogen-bond donors (Lipinski definition) is 0. The predicted molar refractivity (Wildman–Crippen MR) is 88.3 cm³/mol. The van der Waals surface area contributed by atoms with Gasteiger partial charge in [-0.3, -0.25) is 0 Å². The molecule has 1 aliphatic carbocycles. The highest BCUT2D eigenvalue weighted by Gasteiger charge is 2.34. The van der Waals surface area contributed by atoms with Crippen molar-refractivity contribution in [3.05, 3.63) is 71.8 Å². The van der Waals surface area contributed by atoms with Gasteiger partial charge in [0.1, 0.15) is 0 Å². The van der Waals surface area contributed by atoms with Gasteiger partial charge in [-0.1, -0.05) is 67.1 Å². The van der Waals surface area contributed by atoms with Crippen LogP contribution in [0.3, 0.4) is 0 Å². The number of benzene rings is 2. The van der Waals surface area contributed by atoms with E-state index in [9.17, 15) is 0 Å². The van der Waals surface area contributed by atoms with Gasteiger partial charge in [-0.2, -0.15) is 0 Å². The molecule has 0 saturated heterocycles. The van der Waals surface area contributed by atoms with Gasteiger partial charge in [-0.05, 0) is 24.0 Å². The minimum absolute atomic E-state index is 0.413. The smallest absolute Gasteiger partial charge is 0.169 e. The van der Waals surface area contributed by atoms with Crippen molar-refractivity contribution in [1.82, 2.24) is 0 Å². The maximum absolute atomic E-state index is 6.26. The summed E-state index contributed by atoms with van der Waals surface area (Å²) in [4.78, 5) is 0. The summed E-state index contributed by atoms with van der Waals surface area (Å²) < 4.78 is 12.5. The highest BCUT2D eigenvalue weighted by molar-refractivity contribution is 5.14. The Balaban J connectivity index is 1.62. The van der Waals surface area contributed by atoms with E-state index in [2.05, 4.69) is 48.5 Å². The van der Waals surface area contributed by atoms with Gasteiger partial charge in [0.05, 0.1) is 13.2 Å². The minimum Gasteiger partial charge on any atom is -0.345 e. The zero-order chi connectivity index (χ0) is 15.1. The molecule has 0 spiro atoms. The third kappa shape index (κ3) is 4.19. The molecule has 0 atom stereocenters. The Morgan fingerprint density at radius 2 is 1.09 bits per heavy atom. The van der Waals surface area contributed by atoms with Gasteiger partial charge in [0, 0.05) is 12.8 Å². The first-order valence-electron chi connectivity index (χ1n) is 8.22. The zero-order valence-corrected chi connectivity index (χ0v) is 13.0. The molecule has 1 saturated carbocycles. The third-order valence-corrected chi connectivity index (χ3v) is 4.30. The lowest BCUT2D eigenvalue weighted by atomic mass is 9.94. The fourth-order valence-corrected chi connectivity index (χ4v) is 3.00. The Kier molecular flexibility index (Phi) is 5.25. The SMILES string of the molecule is c1ccc(COC2(OCc3ccccc3)CCCCC2)cc1. The predicted octanol–water partition coefficient (Wildman–Crippen LogP) is 5.08. The minimum atomic E-state index is -0.413. The molecule has 116 valence electrons. The maximum atomic E-state index is 6.26. The van der Waals surface area contributed by atoms with Crippen molar-refractivity contribution < 1.29 is 9.47 Å². The highest BCUT2D eigenvalue weighted by Crippen LogP contribution is 2.34. The molecule has 0 unspecified atom stereocenters. The van der Waals surface area contributed by atoms with E-state index >= 15 is 0 Å². The van der Waals surface area contributed by atoms with Gasteiger partial charge < -0.3 is 9.47 Å². The van der Waals surface area contributed by atoms with Gasteiger partial charge >= 0.3 is 0 Å². The topological polar surface area (TPSA) is 18.5 Å². The largest absolute Gasteiger partial charge is 0.345 e. The second-order valence-corrected chi connectivity index (χ2v) is 6.02. The second-order valence-electron chi connectivity index (χ2n) is 6.02. The molecule has 0 aliphatic heterocycles. The van der Waals surface area contributed by atoms with Gasteiger partial charge in [-0.25, -0.2) is 0 Å². The number of hydrogen-bond acceptors (Lipinski definition) is 2. The molecule has 2 heteroatoms. The quantitative estimate of drug-likeness (QED) is 0.692. The molecule has 2 aromatic rings. The van der Waals surface area contributed by atoms with Crippen molar-refractivity contribution in [3.8, 4) is 0 Å². The van der Waals surface area contributed by atoms with Crippen LogP contribution in [0, 0.1) is 0 Å². The summed E-state index contributed by atoms with van der Waals surface area (Å²) in [5.41, 5.74) is 2.41. The molecule has 0 bridgehead atoms. The molecule has 22 heavy (non-hydrogen) atoms. The van der Waals surface area contributed by atoms with Crippen LogP contribution in [0.25, 0.3) is 0 Å². The van der Waals surface area contributed by atoms with E-state index in [-0.39, 0.29) is 0 Å². The average Bonchev–Trinajstić information content (AvgIpc) is 2.61. The Labute approximate surface area is 133 Å². The van der Waals surface area contributed by atoms with Crippen molar-refractivity contribution in [3.63, 3.8) is 0 Å². The van der Waals surface area contributed by atoms with Crippen molar-refractivity contribution in [2.75, 3.05) is 0 Å². The molecule has 1 aliphatic rings. The van der Waals surface area contributed by atoms with Crippen LogP contribution in [-0.2, 0) is 22.7 Å². The molecule has 0 radical (unpaired) electrons. The van der Waals surface area contributed by atoms with E-state index in [0.717, 1.165) is 12.8 Å². The molecule has 0 aromatic heterocycles. The average molecular weight is 296 g/mol. The lowest BCUT2D eigenvalue weighted by molar-refractivity contribution is -0.264. The number of rotatable bonds is 6. The molecule has 1 fully saturated rings. The zero-order valence-electron chi connectivity index (χ0n) is 13.0. The summed E-state index contributed by atoms with van der Waals surface area (Å²) in [6.45, 7) is 1.24. The monoisotopic (exact) mass is 296 g/mol. The van der Waals surface area contributed by atoms with E-state index in [1.807, 2.05) is 12.1 Å². The highest BCUT2D eigenvalue weighted by atomic mass is 16.7. The third-order valence-electron chi connectivity index (χ3n) is 4.30. The van der Waals surface area contributed by atoms with Gasteiger partial charge in [0.2, 0.25) is 0 Å². The van der Waals surface area contributed by atoms with E-state index in [0.29, 0.717) is 13.2 Å². The first kappa shape index (κ1) is 15.3. The molecule has 2 nitrogen and oxygen atoms in total. The van der Waals surface area contributed by atoms with Crippen molar-refractivity contribution in [2.45, 2.75) is 51.1 Å².